The molecular weight excluding hydrogens is 526 g/mol. The molecule has 1 atom stereocenters. The van der Waals surface area contributed by atoms with Crippen LogP contribution < -0.4 is 29.7 Å². The predicted octanol–water partition coefficient (Wildman–Crippen LogP) is 3.80. The fraction of sp³-hybridized carbons (Fsp3) is 0.435. The van der Waals surface area contributed by atoms with Crippen LogP contribution in [0.3, 0.4) is 0 Å². The smallest absolute Gasteiger partial charge is 0.191 e. The van der Waals surface area contributed by atoms with E-state index in [1.807, 2.05) is 31.2 Å². The van der Waals surface area contributed by atoms with Crippen molar-refractivity contribution in [2.24, 2.45) is 4.99 Å². The molecule has 1 fully saturated rings. The quantitative estimate of drug-likeness (QED) is 0.292. The van der Waals surface area contributed by atoms with Gasteiger partial charge in [0.25, 0.3) is 0 Å². The molecule has 2 aromatic rings. The Morgan fingerprint density at radius 1 is 1.09 bits per heavy atom. The zero-order chi connectivity index (χ0) is 22.2. The van der Waals surface area contributed by atoms with E-state index in [1.165, 1.54) is 13.2 Å². The fourth-order valence-electron chi connectivity index (χ4n) is 3.58. The average molecular weight is 558 g/mol. The highest BCUT2D eigenvalue weighted by Gasteiger charge is 2.24. The van der Waals surface area contributed by atoms with Crippen molar-refractivity contribution in [3.63, 3.8) is 0 Å². The summed E-state index contributed by atoms with van der Waals surface area (Å²) in [4.78, 5) is 6.92. The monoisotopic (exact) mass is 558 g/mol. The number of ether oxygens (including phenoxy) is 3. The fourth-order valence-corrected chi connectivity index (χ4v) is 3.58. The minimum absolute atomic E-state index is 0. The molecule has 0 aromatic heterocycles. The Bertz CT molecular complexity index is 891. The molecule has 1 unspecified atom stereocenters. The lowest BCUT2D eigenvalue weighted by Gasteiger charge is -2.21. The number of anilines is 1. The molecule has 0 spiro atoms. The normalized spacial score (nSPS) is 15.7. The second-order valence-corrected chi connectivity index (χ2v) is 7.31. The van der Waals surface area contributed by atoms with E-state index in [-0.39, 0.29) is 41.6 Å². The predicted molar refractivity (Wildman–Crippen MR) is 136 cm³/mol. The number of benzene rings is 2. The van der Waals surface area contributed by atoms with Gasteiger partial charge >= 0.3 is 0 Å². The Hall–Kier alpha value is -2.43. The van der Waals surface area contributed by atoms with Gasteiger partial charge in [-0.3, -0.25) is 0 Å². The van der Waals surface area contributed by atoms with E-state index >= 15 is 0 Å². The molecule has 9 heteroatoms. The minimum atomic E-state index is -0.381. The Morgan fingerprint density at radius 2 is 1.81 bits per heavy atom. The Kier molecular flexibility index (Phi) is 10.1. The Morgan fingerprint density at radius 3 is 2.41 bits per heavy atom. The van der Waals surface area contributed by atoms with E-state index < -0.39 is 0 Å². The minimum Gasteiger partial charge on any atom is -0.497 e. The Labute approximate surface area is 206 Å². The molecule has 32 heavy (non-hydrogen) atoms. The number of rotatable bonds is 8. The van der Waals surface area contributed by atoms with Gasteiger partial charge in [-0.2, -0.15) is 0 Å². The van der Waals surface area contributed by atoms with E-state index in [4.69, 9.17) is 14.2 Å². The summed E-state index contributed by atoms with van der Waals surface area (Å²) < 4.78 is 29.7. The summed E-state index contributed by atoms with van der Waals surface area (Å²) >= 11 is 0. The van der Waals surface area contributed by atoms with E-state index in [0.29, 0.717) is 12.5 Å². The molecule has 7 nitrogen and oxygen atoms in total. The van der Waals surface area contributed by atoms with Crippen LogP contribution in [-0.2, 0) is 6.54 Å². The number of methoxy groups -OCH3 is 3. The molecule has 1 saturated heterocycles. The standard InChI is InChI=1S/C23H31FN4O3.HI/c1-5-25-23(26-14-16-6-7-22(31-4)21(24)10-16)27-17-8-9-28(15-17)18-11-19(29-2)13-20(12-18)30-3;/h6-7,10-13,17H,5,8-9,14-15H2,1-4H3,(H2,25,26,27);1H. The summed E-state index contributed by atoms with van der Waals surface area (Å²) in [5.41, 5.74) is 1.85. The van der Waals surface area contributed by atoms with Gasteiger partial charge in [-0.25, -0.2) is 9.38 Å². The van der Waals surface area contributed by atoms with Gasteiger partial charge in [0, 0.05) is 49.6 Å². The van der Waals surface area contributed by atoms with Crippen LogP contribution in [0.2, 0.25) is 0 Å². The SMILES string of the molecule is CCNC(=NCc1ccc(OC)c(F)c1)NC1CCN(c2cc(OC)cc(OC)c2)C1.I. The molecule has 1 aliphatic heterocycles. The average Bonchev–Trinajstić information content (AvgIpc) is 3.26. The van der Waals surface area contributed by atoms with Crippen molar-refractivity contribution < 1.29 is 18.6 Å². The van der Waals surface area contributed by atoms with Gasteiger partial charge in [0.2, 0.25) is 0 Å². The van der Waals surface area contributed by atoms with Crippen LogP contribution in [0.5, 0.6) is 17.2 Å². The third-order valence-corrected chi connectivity index (χ3v) is 5.21. The molecule has 0 saturated carbocycles. The summed E-state index contributed by atoms with van der Waals surface area (Å²) in [6, 6.07) is 11.0. The summed E-state index contributed by atoms with van der Waals surface area (Å²) in [6.07, 6.45) is 0.973. The first-order valence-electron chi connectivity index (χ1n) is 10.4. The molecule has 0 amide bonds. The molecule has 1 aliphatic rings. The lowest BCUT2D eigenvalue weighted by molar-refractivity contribution is 0.386. The zero-order valence-electron chi connectivity index (χ0n) is 19.0. The molecule has 0 radical (unpaired) electrons. The first-order valence-corrected chi connectivity index (χ1v) is 10.4. The molecule has 2 N–H and O–H groups in total. The topological polar surface area (TPSA) is 67.4 Å². The lowest BCUT2D eigenvalue weighted by Crippen LogP contribution is -2.44. The number of guanidine groups is 1. The molecule has 0 bridgehead atoms. The van der Waals surface area contributed by atoms with Crippen LogP contribution in [0.25, 0.3) is 0 Å². The second-order valence-electron chi connectivity index (χ2n) is 7.31. The number of nitrogens with zero attached hydrogens (tertiary/aromatic N) is 2. The first-order chi connectivity index (χ1) is 15.1. The van der Waals surface area contributed by atoms with Gasteiger partial charge in [-0.1, -0.05) is 6.07 Å². The highest BCUT2D eigenvalue weighted by atomic mass is 127. The van der Waals surface area contributed by atoms with Gasteiger partial charge in [0.15, 0.2) is 17.5 Å². The van der Waals surface area contributed by atoms with Gasteiger partial charge in [0.1, 0.15) is 11.5 Å². The zero-order valence-corrected chi connectivity index (χ0v) is 21.3. The number of hydrogen-bond acceptors (Lipinski definition) is 5. The van der Waals surface area contributed by atoms with Crippen molar-refractivity contribution in [3.8, 4) is 17.2 Å². The molecule has 2 aromatic carbocycles. The van der Waals surface area contributed by atoms with Crippen molar-refractivity contribution in [2.45, 2.75) is 25.9 Å². The maximum atomic E-state index is 13.9. The van der Waals surface area contributed by atoms with Gasteiger partial charge in [0.05, 0.1) is 27.9 Å². The summed E-state index contributed by atoms with van der Waals surface area (Å²) in [5, 5.41) is 6.77. The van der Waals surface area contributed by atoms with Gasteiger partial charge < -0.3 is 29.7 Å². The van der Waals surface area contributed by atoms with Gasteiger partial charge in [-0.15, -0.1) is 24.0 Å². The van der Waals surface area contributed by atoms with E-state index in [1.54, 1.807) is 20.3 Å². The number of halogens is 2. The molecule has 0 aliphatic carbocycles. The number of nitrogens with one attached hydrogen (secondary N) is 2. The van der Waals surface area contributed by atoms with Crippen LogP contribution in [0.1, 0.15) is 18.9 Å². The Balaban J connectivity index is 0.00000363. The maximum absolute atomic E-state index is 13.9. The van der Waals surface area contributed by atoms with E-state index in [2.05, 4.69) is 20.5 Å². The van der Waals surface area contributed by atoms with Crippen LogP contribution in [0, 0.1) is 5.82 Å². The van der Waals surface area contributed by atoms with E-state index in [0.717, 1.165) is 48.8 Å². The largest absolute Gasteiger partial charge is 0.497 e. The highest BCUT2D eigenvalue weighted by Crippen LogP contribution is 2.30. The molecule has 3 rings (SSSR count). The van der Waals surface area contributed by atoms with E-state index in [9.17, 15) is 4.39 Å². The molecule has 176 valence electrons. The third-order valence-electron chi connectivity index (χ3n) is 5.21. The molecule has 1 heterocycles. The van der Waals surface area contributed by atoms with Crippen molar-refractivity contribution in [1.29, 1.82) is 0 Å². The highest BCUT2D eigenvalue weighted by molar-refractivity contribution is 14.0. The van der Waals surface area contributed by atoms with Crippen LogP contribution in [-0.4, -0.2) is 53.0 Å². The van der Waals surface area contributed by atoms with Crippen LogP contribution in [0.4, 0.5) is 10.1 Å². The second kappa shape index (κ2) is 12.6. The van der Waals surface area contributed by atoms with Crippen LogP contribution >= 0.6 is 24.0 Å². The molecular formula is C23H32FIN4O3. The third kappa shape index (κ3) is 6.78. The van der Waals surface area contributed by atoms with Crippen molar-refractivity contribution in [3.05, 3.63) is 47.8 Å². The number of aliphatic imine (C=N–C) groups is 1. The number of hydrogen-bond donors (Lipinski definition) is 2. The van der Waals surface area contributed by atoms with Crippen LogP contribution in [0.15, 0.2) is 41.4 Å². The van der Waals surface area contributed by atoms with Crippen molar-refractivity contribution in [1.82, 2.24) is 10.6 Å². The van der Waals surface area contributed by atoms with Crippen molar-refractivity contribution in [2.75, 3.05) is 45.9 Å². The van der Waals surface area contributed by atoms with Gasteiger partial charge in [-0.05, 0) is 31.0 Å². The lowest BCUT2D eigenvalue weighted by atomic mass is 10.2. The summed E-state index contributed by atoms with van der Waals surface area (Å²) in [5.74, 6) is 2.11. The first kappa shape index (κ1) is 25.8. The van der Waals surface area contributed by atoms with Crippen molar-refractivity contribution >= 4 is 35.6 Å². The summed E-state index contributed by atoms with van der Waals surface area (Å²) in [7, 11) is 4.76. The summed E-state index contributed by atoms with van der Waals surface area (Å²) in [6.45, 7) is 4.88. The maximum Gasteiger partial charge on any atom is 0.191 e.